The number of aromatic nitrogens is 6. The Balaban J connectivity index is 1.18. The van der Waals surface area contributed by atoms with Crippen molar-refractivity contribution in [3.05, 3.63) is 95.8 Å². The molecule has 0 saturated carbocycles. The Bertz CT molecular complexity index is 1540. The van der Waals surface area contributed by atoms with Crippen molar-refractivity contribution in [1.29, 1.82) is 0 Å². The van der Waals surface area contributed by atoms with Crippen LogP contribution in [0, 0.1) is 0 Å². The van der Waals surface area contributed by atoms with Crippen LogP contribution in [0.4, 0.5) is 46.8 Å². The molecule has 0 radical (unpaired) electrons. The van der Waals surface area contributed by atoms with E-state index in [2.05, 4.69) is 56.5 Å². The van der Waals surface area contributed by atoms with Gasteiger partial charge in [0.1, 0.15) is 0 Å². The second kappa shape index (κ2) is 13.8. The second-order valence-corrected chi connectivity index (χ2v) is 9.03. The molecule has 0 amide bonds. The lowest BCUT2D eigenvalue weighted by atomic mass is 10.1. The van der Waals surface area contributed by atoms with Crippen molar-refractivity contribution in [3.8, 4) is 0 Å². The highest BCUT2D eigenvalue weighted by molar-refractivity contribution is 6.28. The first-order valence-electron chi connectivity index (χ1n) is 12.9. The SMILES string of the molecule is OCCNc1nc(NCCc2ccc(Nc3nc(Cl)nc(Nc4ccccc4)n3)cc2)nc(Nc2ccccc2)n1. The van der Waals surface area contributed by atoms with Gasteiger partial charge in [0, 0.05) is 30.2 Å². The molecule has 2 aromatic heterocycles. The van der Waals surface area contributed by atoms with Crippen LogP contribution in [0.3, 0.4) is 0 Å². The Morgan fingerprint density at radius 3 is 1.49 bits per heavy atom. The van der Waals surface area contributed by atoms with Crippen molar-refractivity contribution in [1.82, 2.24) is 29.9 Å². The maximum atomic E-state index is 9.16. The summed E-state index contributed by atoms with van der Waals surface area (Å²) in [6.45, 7) is 0.890. The molecule has 5 aromatic rings. The summed E-state index contributed by atoms with van der Waals surface area (Å²) in [6.07, 6.45) is 0.732. The third kappa shape index (κ3) is 8.46. The zero-order chi connectivity index (χ0) is 28.3. The molecule has 0 aliphatic rings. The average Bonchev–Trinajstić information content (AvgIpc) is 2.98. The number of rotatable bonds is 13. The van der Waals surface area contributed by atoms with E-state index >= 15 is 0 Å². The number of aliphatic hydroxyl groups is 1. The van der Waals surface area contributed by atoms with E-state index in [0.717, 1.165) is 29.0 Å². The Labute approximate surface area is 241 Å². The van der Waals surface area contributed by atoms with Gasteiger partial charge in [-0.3, -0.25) is 0 Å². The molecule has 0 fully saturated rings. The van der Waals surface area contributed by atoms with Crippen molar-refractivity contribution >= 4 is 58.4 Å². The van der Waals surface area contributed by atoms with Crippen LogP contribution in [-0.4, -0.2) is 54.7 Å². The first-order chi connectivity index (χ1) is 20.1. The summed E-state index contributed by atoms with van der Waals surface area (Å²) >= 11 is 6.12. The van der Waals surface area contributed by atoms with E-state index < -0.39 is 0 Å². The fourth-order valence-corrected chi connectivity index (χ4v) is 3.88. The van der Waals surface area contributed by atoms with E-state index in [4.69, 9.17) is 16.7 Å². The summed E-state index contributed by atoms with van der Waals surface area (Å²) in [5.74, 6) is 1.86. The van der Waals surface area contributed by atoms with Crippen molar-refractivity contribution in [3.63, 3.8) is 0 Å². The number of aliphatic hydroxyl groups excluding tert-OH is 1. The molecule has 0 unspecified atom stereocenters. The van der Waals surface area contributed by atoms with Crippen LogP contribution in [0.15, 0.2) is 84.9 Å². The topological polar surface area (TPSA) is 158 Å². The Kier molecular flexibility index (Phi) is 9.27. The Hall–Kier alpha value is -5.07. The van der Waals surface area contributed by atoms with Gasteiger partial charge >= 0.3 is 0 Å². The molecule has 0 aliphatic carbocycles. The highest BCUT2D eigenvalue weighted by atomic mass is 35.5. The molecule has 13 heteroatoms. The first kappa shape index (κ1) is 27.5. The molecule has 3 aromatic carbocycles. The van der Waals surface area contributed by atoms with Crippen molar-refractivity contribution in [2.75, 3.05) is 46.3 Å². The Morgan fingerprint density at radius 1 is 0.512 bits per heavy atom. The number of anilines is 8. The number of nitrogens with one attached hydrogen (secondary N) is 5. The highest BCUT2D eigenvalue weighted by Gasteiger charge is 2.08. The minimum atomic E-state index is -0.0349. The minimum absolute atomic E-state index is 0.0349. The molecule has 0 atom stereocenters. The van der Waals surface area contributed by atoms with E-state index in [0.29, 0.717) is 42.8 Å². The molecule has 208 valence electrons. The van der Waals surface area contributed by atoms with Gasteiger partial charge in [-0.1, -0.05) is 48.5 Å². The lowest BCUT2D eigenvalue weighted by Gasteiger charge is -2.11. The highest BCUT2D eigenvalue weighted by Crippen LogP contribution is 2.20. The number of hydrogen-bond acceptors (Lipinski definition) is 12. The largest absolute Gasteiger partial charge is 0.395 e. The van der Waals surface area contributed by atoms with E-state index in [1.807, 2.05) is 84.9 Å². The van der Waals surface area contributed by atoms with Crippen LogP contribution in [0.5, 0.6) is 0 Å². The zero-order valence-electron chi connectivity index (χ0n) is 21.9. The third-order valence-corrected chi connectivity index (χ3v) is 5.77. The second-order valence-electron chi connectivity index (χ2n) is 8.69. The molecule has 5 rings (SSSR count). The molecule has 12 nitrogen and oxygen atoms in total. The van der Waals surface area contributed by atoms with Gasteiger partial charge in [0.2, 0.25) is 35.0 Å². The zero-order valence-corrected chi connectivity index (χ0v) is 22.7. The van der Waals surface area contributed by atoms with Gasteiger partial charge in [-0.05, 0) is 60.0 Å². The van der Waals surface area contributed by atoms with Crippen molar-refractivity contribution < 1.29 is 5.11 Å². The molecule has 0 bridgehead atoms. The van der Waals surface area contributed by atoms with Gasteiger partial charge in [0.05, 0.1) is 6.61 Å². The molecule has 0 spiro atoms. The minimum Gasteiger partial charge on any atom is -0.395 e. The van der Waals surface area contributed by atoms with Crippen LogP contribution in [0.1, 0.15) is 5.56 Å². The fraction of sp³-hybridized carbons (Fsp3) is 0.143. The van der Waals surface area contributed by atoms with E-state index in [-0.39, 0.29) is 11.9 Å². The maximum Gasteiger partial charge on any atom is 0.233 e. The molecule has 0 aliphatic heterocycles. The summed E-state index contributed by atoms with van der Waals surface area (Å²) in [7, 11) is 0. The maximum absolute atomic E-state index is 9.16. The van der Waals surface area contributed by atoms with Crippen LogP contribution < -0.4 is 26.6 Å². The summed E-state index contributed by atoms with van der Waals surface area (Å²) in [5, 5.41) is 24.9. The van der Waals surface area contributed by atoms with Crippen LogP contribution in [0.25, 0.3) is 0 Å². The average molecular weight is 570 g/mol. The number of halogens is 1. The molecular formula is C28H28ClN11O. The lowest BCUT2D eigenvalue weighted by Crippen LogP contribution is -2.14. The Morgan fingerprint density at radius 2 is 0.951 bits per heavy atom. The van der Waals surface area contributed by atoms with Gasteiger partial charge in [-0.15, -0.1) is 0 Å². The number of para-hydroxylation sites is 2. The van der Waals surface area contributed by atoms with Crippen molar-refractivity contribution in [2.24, 2.45) is 0 Å². The first-order valence-corrected chi connectivity index (χ1v) is 13.3. The third-order valence-electron chi connectivity index (χ3n) is 5.61. The fourth-order valence-electron chi connectivity index (χ4n) is 3.72. The standard InChI is InChI=1S/C28H28ClN11O/c29-23-35-26(32-20-7-3-1-4-8-20)40-27(36-23)34-22-13-11-19(12-14-22)15-16-30-24-37-25(31-17-18-41)39-28(38-24)33-21-9-5-2-6-10-21/h1-14,41H,15-18H2,(H2,32,34,35,36,40)(H3,30,31,33,37,38,39). The number of nitrogens with zero attached hydrogens (tertiary/aromatic N) is 6. The van der Waals surface area contributed by atoms with Crippen LogP contribution in [0.2, 0.25) is 5.28 Å². The lowest BCUT2D eigenvalue weighted by molar-refractivity contribution is 0.311. The summed E-state index contributed by atoms with van der Waals surface area (Å²) < 4.78 is 0. The number of benzene rings is 3. The quantitative estimate of drug-likeness (QED) is 0.113. The molecule has 2 heterocycles. The van der Waals surface area contributed by atoms with E-state index in [1.165, 1.54) is 0 Å². The van der Waals surface area contributed by atoms with Gasteiger partial charge in [0.15, 0.2) is 0 Å². The van der Waals surface area contributed by atoms with Crippen LogP contribution in [-0.2, 0) is 6.42 Å². The van der Waals surface area contributed by atoms with E-state index in [1.54, 1.807) is 0 Å². The van der Waals surface area contributed by atoms with Gasteiger partial charge in [-0.25, -0.2) is 0 Å². The van der Waals surface area contributed by atoms with E-state index in [9.17, 15) is 0 Å². The molecular weight excluding hydrogens is 542 g/mol. The normalized spacial score (nSPS) is 10.6. The van der Waals surface area contributed by atoms with Gasteiger partial charge in [0.25, 0.3) is 0 Å². The molecule has 41 heavy (non-hydrogen) atoms. The van der Waals surface area contributed by atoms with Gasteiger partial charge in [-0.2, -0.15) is 29.9 Å². The smallest absolute Gasteiger partial charge is 0.233 e. The summed E-state index contributed by atoms with van der Waals surface area (Å²) in [5.41, 5.74) is 3.62. The predicted molar refractivity (Wildman–Crippen MR) is 162 cm³/mol. The molecule has 0 saturated heterocycles. The van der Waals surface area contributed by atoms with Crippen molar-refractivity contribution in [2.45, 2.75) is 6.42 Å². The van der Waals surface area contributed by atoms with Crippen LogP contribution >= 0.6 is 11.6 Å². The monoisotopic (exact) mass is 569 g/mol. The van der Waals surface area contributed by atoms with Gasteiger partial charge < -0.3 is 31.7 Å². The predicted octanol–water partition coefficient (Wildman–Crippen LogP) is 5.00. The summed E-state index contributed by atoms with van der Waals surface area (Å²) in [6, 6.07) is 27.1. The summed E-state index contributed by atoms with van der Waals surface area (Å²) in [4.78, 5) is 26.0. The number of hydrogen-bond donors (Lipinski definition) is 6. The molecule has 6 N–H and O–H groups in total.